The van der Waals surface area contributed by atoms with Crippen LogP contribution >= 0.6 is 11.8 Å². The molecular weight excluding hydrogens is 236 g/mol. The summed E-state index contributed by atoms with van der Waals surface area (Å²) in [4.78, 5) is 10.2. The van der Waals surface area contributed by atoms with Crippen molar-refractivity contribution < 1.29 is 4.92 Å². The third-order valence-electron chi connectivity index (χ3n) is 2.58. The lowest BCUT2D eigenvalue weighted by Gasteiger charge is -2.16. The lowest BCUT2D eigenvalue weighted by molar-refractivity contribution is -0.384. The van der Waals surface area contributed by atoms with Gasteiger partial charge in [-0.05, 0) is 43.9 Å². The van der Waals surface area contributed by atoms with Gasteiger partial charge in [0.05, 0.1) is 4.92 Å². The first kappa shape index (κ1) is 13.8. The van der Waals surface area contributed by atoms with E-state index in [-0.39, 0.29) is 10.6 Å². The van der Waals surface area contributed by atoms with Gasteiger partial charge in [0.1, 0.15) is 0 Å². The van der Waals surface area contributed by atoms with Crippen LogP contribution in [0.3, 0.4) is 0 Å². The van der Waals surface area contributed by atoms with Gasteiger partial charge in [0.2, 0.25) is 0 Å². The number of nitro groups is 1. The van der Waals surface area contributed by atoms with Crippen LogP contribution in [0.4, 0.5) is 11.4 Å². The quantitative estimate of drug-likeness (QED) is 0.624. The molecule has 1 N–H and O–H groups in total. The number of nitro benzene ring substituents is 1. The van der Waals surface area contributed by atoms with Crippen LogP contribution in [0.1, 0.15) is 18.9 Å². The van der Waals surface area contributed by atoms with Gasteiger partial charge in [-0.15, -0.1) is 0 Å². The van der Waals surface area contributed by atoms with Crippen LogP contribution < -0.4 is 5.32 Å². The Kier molecular flexibility index (Phi) is 5.28. The first-order valence-electron chi connectivity index (χ1n) is 5.55. The van der Waals surface area contributed by atoms with Crippen LogP contribution in [-0.4, -0.2) is 23.0 Å². The van der Waals surface area contributed by atoms with Crippen molar-refractivity contribution in [2.24, 2.45) is 0 Å². The fraction of sp³-hybridized carbons (Fsp3) is 0.500. The highest BCUT2D eigenvalue weighted by Gasteiger charge is 2.09. The third kappa shape index (κ3) is 4.26. The number of hydrogen-bond acceptors (Lipinski definition) is 4. The summed E-state index contributed by atoms with van der Waals surface area (Å²) in [6.07, 6.45) is 3.17. The molecule has 1 aromatic rings. The molecule has 1 atom stereocenters. The minimum Gasteiger partial charge on any atom is -0.382 e. The summed E-state index contributed by atoms with van der Waals surface area (Å²) < 4.78 is 0. The molecule has 94 valence electrons. The number of rotatable bonds is 6. The summed E-state index contributed by atoms with van der Waals surface area (Å²) in [5.74, 6) is 1.11. The summed E-state index contributed by atoms with van der Waals surface area (Å²) in [6, 6.07) is 5.30. The van der Waals surface area contributed by atoms with E-state index in [4.69, 9.17) is 0 Å². The maximum Gasteiger partial charge on any atom is 0.269 e. The fourth-order valence-corrected chi connectivity index (χ4v) is 2.14. The minimum absolute atomic E-state index is 0.143. The van der Waals surface area contributed by atoms with Crippen LogP contribution in [0, 0.1) is 17.0 Å². The Bertz CT molecular complexity index is 396. The zero-order valence-corrected chi connectivity index (χ0v) is 11.2. The number of non-ortho nitro benzene ring substituents is 1. The SMILES string of the molecule is CSCCC(C)Nc1ccc([N+](=O)[O-])cc1C. The lowest BCUT2D eigenvalue weighted by atomic mass is 10.1. The van der Waals surface area contributed by atoms with Gasteiger partial charge in [-0.1, -0.05) is 0 Å². The number of thioether (sulfide) groups is 1. The molecule has 0 aliphatic rings. The summed E-state index contributed by atoms with van der Waals surface area (Å²) >= 11 is 1.82. The smallest absolute Gasteiger partial charge is 0.269 e. The first-order chi connectivity index (χ1) is 8.04. The zero-order chi connectivity index (χ0) is 12.8. The number of aryl methyl sites for hydroxylation is 1. The van der Waals surface area contributed by atoms with Crippen molar-refractivity contribution in [2.75, 3.05) is 17.3 Å². The average molecular weight is 254 g/mol. The Morgan fingerprint density at radius 3 is 2.76 bits per heavy atom. The van der Waals surface area contributed by atoms with Gasteiger partial charge in [-0.25, -0.2) is 0 Å². The van der Waals surface area contributed by atoms with Crippen molar-refractivity contribution in [1.82, 2.24) is 0 Å². The molecule has 0 aliphatic heterocycles. The number of nitrogens with one attached hydrogen (secondary N) is 1. The predicted octanol–water partition coefficient (Wildman–Crippen LogP) is 3.46. The average Bonchev–Trinajstić information content (AvgIpc) is 2.28. The molecule has 4 nitrogen and oxygen atoms in total. The van der Waals surface area contributed by atoms with E-state index in [9.17, 15) is 10.1 Å². The van der Waals surface area contributed by atoms with Gasteiger partial charge in [-0.2, -0.15) is 11.8 Å². The van der Waals surface area contributed by atoms with Crippen LogP contribution in [0.5, 0.6) is 0 Å². The van der Waals surface area contributed by atoms with E-state index in [2.05, 4.69) is 18.5 Å². The highest BCUT2D eigenvalue weighted by molar-refractivity contribution is 7.98. The lowest BCUT2D eigenvalue weighted by Crippen LogP contribution is -2.16. The van der Waals surface area contributed by atoms with Gasteiger partial charge in [0.15, 0.2) is 0 Å². The van der Waals surface area contributed by atoms with Crippen LogP contribution in [-0.2, 0) is 0 Å². The Balaban J connectivity index is 2.69. The Morgan fingerprint density at radius 1 is 1.53 bits per heavy atom. The number of nitrogens with zero attached hydrogens (tertiary/aromatic N) is 1. The fourth-order valence-electron chi connectivity index (χ4n) is 1.56. The van der Waals surface area contributed by atoms with Gasteiger partial charge in [0.25, 0.3) is 5.69 Å². The molecule has 0 amide bonds. The molecule has 1 unspecified atom stereocenters. The van der Waals surface area contributed by atoms with E-state index >= 15 is 0 Å². The van der Waals surface area contributed by atoms with Crippen LogP contribution in [0.15, 0.2) is 18.2 Å². The first-order valence-corrected chi connectivity index (χ1v) is 6.94. The standard InChI is InChI=1S/C12H18N2O2S/c1-9-8-11(14(15)16)4-5-12(9)13-10(2)6-7-17-3/h4-5,8,10,13H,6-7H2,1-3H3. The van der Waals surface area contributed by atoms with E-state index in [0.29, 0.717) is 6.04 Å². The van der Waals surface area contributed by atoms with Gasteiger partial charge >= 0.3 is 0 Å². The molecule has 5 heteroatoms. The second kappa shape index (κ2) is 6.49. The maximum atomic E-state index is 10.6. The maximum absolute atomic E-state index is 10.6. The van der Waals surface area contributed by atoms with Crippen molar-refractivity contribution in [3.05, 3.63) is 33.9 Å². The molecule has 1 aromatic carbocycles. The summed E-state index contributed by atoms with van der Waals surface area (Å²) in [7, 11) is 0. The molecule has 0 fully saturated rings. The van der Waals surface area contributed by atoms with E-state index in [0.717, 1.165) is 23.4 Å². The van der Waals surface area contributed by atoms with Gasteiger partial charge in [-0.3, -0.25) is 10.1 Å². The topological polar surface area (TPSA) is 55.2 Å². The highest BCUT2D eigenvalue weighted by atomic mass is 32.2. The second-order valence-electron chi connectivity index (χ2n) is 4.08. The van der Waals surface area contributed by atoms with E-state index in [1.807, 2.05) is 18.7 Å². The molecule has 0 aromatic heterocycles. The summed E-state index contributed by atoms with van der Waals surface area (Å²) in [6.45, 7) is 4.01. The monoisotopic (exact) mass is 254 g/mol. The molecule has 0 saturated carbocycles. The summed E-state index contributed by atoms with van der Waals surface area (Å²) in [5, 5.41) is 14.0. The molecule has 17 heavy (non-hydrogen) atoms. The Morgan fingerprint density at radius 2 is 2.24 bits per heavy atom. The Labute approximate surface area is 106 Å². The van der Waals surface area contributed by atoms with E-state index in [1.165, 1.54) is 6.07 Å². The molecule has 0 radical (unpaired) electrons. The number of anilines is 1. The Hall–Kier alpha value is -1.23. The normalized spacial score (nSPS) is 12.2. The third-order valence-corrected chi connectivity index (χ3v) is 3.22. The van der Waals surface area contributed by atoms with Crippen molar-refractivity contribution in [3.63, 3.8) is 0 Å². The molecular formula is C12H18N2O2S. The summed E-state index contributed by atoms with van der Waals surface area (Å²) in [5.41, 5.74) is 2.03. The van der Waals surface area contributed by atoms with E-state index in [1.54, 1.807) is 12.1 Å². The molecule has 0 heterocycles. The number of benzene rings is 1. The zero-order valence-electron chi connectivity index (χ0n) is 10.4. The van der Waals surface area contributed by atoms with E-state index < -0.39 is 0 Å². The highest BCUT2D eigenvalue weighted by Crippen LogP contribution is 2.22. The molecule has 0 spiro atoms. The molecule has 0 saturated heterocycles. The molecule has 0 bridgehead atoms. The van der Waals surface area contributed by atoms with Gasteiger partial charge in [0, 0.05) is 23.9 Å². The largest absolute Gasteiger partial charge is 0.382 e. The number of hydrogen-bond donors (Lipinski definition) is 1. The van der Waals surface area contributed by atoms with Crippen LogP contribution in [0.25, 0.3) is 0 Å². The van der Waals surface area contributed by atoms with Crippen molar-refractivity contribution >= 4 is 23.1 Å². The van der Waals surface area contributed by atoms with Crippen molar-refractivity contribution in [3.8, 4) is 0 Å². The van der Waals surface area contributed by atoms with Gasteiger partial charge < -0.3 is 5.32 Å². The van der Waals surface area contributed by atoms with Crippen molar-refractivity contribution in [1.29, 1.82) is 0 Å². The van der Waals surface area contributed by atoms with Crippen LogP contribution in [0.2, 0.25) is 0 Å². The second-order valence-corrected chi connectivity index (χ2v) is 5.07. The molecule has 0 aliphatic carbocycles. The minimum atomic E-state index is -0.367. The molecule has 1 rings (SSSR count). The predicted molar refractivity (Wildman–Crippen MR) is 73.9 cm³/mol. The van der Waals surface area contributed by atoms with Crippen molar-refractivity contribution in [2.45, 2.75) is 26.3 Å².